The maximum Gasteiger partial charge on any atom is 0.264 e. The summed E-state index contributed by atoms with van der Waals surface area (Å²) in [7, 11) is 1.59. The monoisotopic (exact) mass is 452 g/mol. The molecular weight excluding hydrogens is 431 g/mol. The molecule has 0 radical (unpaired) electrons. The number of carbonyl (C=O) groups is 2. The van der Waals surface area contributed by atoms with Crippen LogP contribution in [0.3, 0.4) is 0 Å². The molecule has 2 amide bonds. The van der Waals surface area contributed by atoms with Gasteiger partial charge in [-0.2, -0.15) is 5.10 Å². The molecule has 29 heavy (non-hydrogen) atoms. The van der Waals surface area contributed by atoms with Crippen molar-refractivity contribution in [1.29, 1.82) is 0 Å². The first-order valence-electron chi connectivity index (χ1n) is 9.13. The van der Waals surface area contributed by atoms with E-state index in [9.17, 15) is 9.59 Å². The molecule has 3 aromatic rings. The molecule has 6 nitrogen and oxygen atoms in total. The number of nitrogens with one attached hydrogen (secondary N) is 1. The molecule has 0 bridgehead atoms. The number of hydrogen-bond acceptors (Lipinski definition) is 4. The van der Waals surface area contributed by atoms with Crippen LogP contribution in [0.4, 0.5) is 5.69 Å². The number of aryl methyl sites for hydroxylation is 1. The summed E-state index contributed by atoms with van der Waals surface area (Å²) in [5.74, 6) is -0.150. The topological polar surface area (TPSA) is 67.2 Å². The zero-order chi connectivity index (χ0) is 21.3. The van der Waals surface area contributed by atoms with Crippen LogP contribution in [-0.4, -0.2) is 40.1 Å². The molecule has 0 fully saturated rings. The predicted molar refractivity (Wildman–Crippen MR) is 119 cm³/mol. The Kier molecular flexibility index (Phi) is 6.51. The van der Waals surface area contributed by atoms with E-state index in [0.717, 1.165) is 22.5 Å². The van der Waals surface area contributed by atoms with Crippen molar-refractivity contribution in [1.82, 2.24) is 14.7 Å². The summed E-state index contributed by atoms with van der Waals surface area (Å²) in [5, 5.41) is 8.89. The second kappa shape index (κ2) is 8.73. The quantitative estimate of drug-likeness (QED) is 0.566. The molecule has 154 valence electrons. The van der Waals surface area contributed by atoms with Gasteiger partial charge in [0.25, 0.3) is 5.91 Å². The summed E-state index contributed by atoms with van der Waals surface area (Å²) in [6, 6.07) is 6.82. The van der Waals surface area contributed by atoms with Crippen LogP contribution in [0.2, 0.25) is 10.0 Å². The van der Waals surface area contributed by atoms with E-state index in [1.807, 2.05) is 17.7 Å². The van der Waals surface area contributed by atoms with Crippen molar-refractivity contribution in [2.24, 2.45) is 5.92 Å². The third-order valence-corrected chi connectivity index (χ3v) is 6.08. The number of fused-ring (bicyclic) bond motifs is 1. The van der Waals surface area contributed by atoms with Gasteiger partial charge in [-0.25, -0.2) is 0 Å². The van der Waals surface area contributed by atoms with Gasteiger partial charge in [-0.3, -0.25) is 14.3 Å². The Morgan fingerprint density at radius 3 is 2.55 bits per heavy atom. The number of rotatable bonds is 6. The van der Waals surface area contributed by atoms with Crippen LogP contribution >= 0.6 is 34.5 Å². The lowest BCUT2D eigenvalue weighted by Crippen LogP contribution is -2.34. The van der Waals surface area contributed by atoms with Crippen molar-refractivity contribution in [3.8, 4) is 0 Å². The summed E-state index contributed by atoms with van der Waals surface area (Å²) in [4.78, 5) is 28.2. The number of aromatic nitrogens is 2. The third kappa shape index (κ3) is 4.74. The van der Waals surface area contributed by atoms with Gasteiger partial charge in [-0.1, -0.05) is 43.1 Å². The predicted octanol–water partition coefficient (Wildman–Crippen LogP) is 5.08. The largest absolute Gasteiger partial charge is 0.332 e. The van der Waals surface area contributed by atoms with Crippen molar-refractivity contribution in [3.05, 3.63) is 44.9 Å². The first-order valence-corrected chi connectivity index (χ1v) is 10.7. The lowest BCUT2D eigenvalue weighted by molar-refractivity contribution is -0.116. The first kappa shape index (κ1) is 21.6. The number of amides is 2. The highest BCUT2D eigenvalue weighted by Crippen LogP contribution is 2.31. The number of likely N-dealkylation sites (N-methyl/N-ethyl adjacent to an activating group) is 1. The van der Waals surface area contributed by atoms with E-state index in [4.69, 9.17) is 23.2 Å². The van der Waals surface area contributed by atoms with E-state index in [0.29, 0.717) is 26.5 Å². The number of para-hydroxylation sites is 1. The van der Waals surface area contributed by atoms with Crippen LogP contribution < -0.4 is 5.32 Å². The maximum absolute atomic E-state index is 12.9. The molecule has 0 atom stereocenters. The van der Waals surface area contributed by atoms with Crippen molar-refractivity contribution in [2.45, 2.75) is 27.3 Å². The number of halogens is 2. The average molecular weight is 453 g/mol. The second-order valence-electron chi connectivity index (χ2n) is 7.30. The smallest absolute Gasteiger partial charge is 0.264 e. The van der Waals surface area contributed by atoms with Gasteiger partial charge in [0.2, 0.25) is 5.91 Å². The Morgan fingerprint density at radius 1 is 1.28 bits per heavy atom. The molecular formula is C20H22Cl2N4O2S. The Hall–Kier alpha value is -2.09. The van der Waals surface area contributed by atoms with Gasteiger partial charge in [0.15, 0.2) is 0 Å². The highest BCUT2D eigenvalue weighted by molar-refractivity contribution is 7.20. The second-order valence-corrected chi connectivity index (χ2v) is 9.14. The molecule has 0 unspecified atom stereocenters. The minimum atomic E-state index is -0.376. The Labute approximate surface area is 183 Å². The molecule has 0 saturated heterocycles. The number of hydrogen-bond donors (Lipinski definition) is 1. The molecule has 0 saturated carbocycles. The van der Waals surface area contributed by atoms with Crippen molar-refractivity contribution in [2.75, 3.05) is 18.9 Å². The summed E-state index contributed by atoms with van der Waals surface area (Å²) in [6.45, 7) is 6.85. The molecule has 0 aliphatic rings. The van der Waals surface area contributed by atoms with Gasteiger partial charge in [-0.05, 0) is 31.0 Å². The molecule has 0 spiro atoms. The Bertz CT molecular complexity index is 1050. The van der Waals surface area contributed by atoms with Gasteiger partial charge in [-0.15, -0.1) is 11.3 Å². The van der Waals surface area contributed by atoms with Crippen molar-refractivity contribution >= 4 is 62.3 Å². The molecule has 2 heterocycles. The Balaban J connectivity index is 1.73. The van der Waals surface area contributed by atoms with E-state index in [-0.39, 0.29) is 18.4 Å². The van der Waals surface area contributed by atoms with E-state index >= 15 is 0 Å². The first-order chi connectivity index (χ1) is 13.7. The minimum Gasteiger partial charge on any atom is -0.332 e. The van der Waals surface area contributed by atoms with Gasteiger partial charge in [0.1, 0.15) is 4.83 Å². The molecule has 2 aromatic heterocycles. The highest BCUT2D eigenvalue weighted by atomic mass is 35.5. The molecule has 0 aliphatic heterocycles. The zero-order valence-corrected chi connectivity index (χ0v) is 19.0. The standard InChI is InChI=1S/C20H22Cl2N4O2S/c1-11(2)9-26-20-13(12(3)24-26)8-16(29-20)19(28)25(4)10-17(27)23-18-14(21)6-5-7-15(18)22/h5-8,11H,9-10H2,1-4H3,(H,23,27). The number of nitrogens with zero attached hydrogens (tertiary/aromatic N) is 3. The van der Waals surface area contributed by atoms with E-state index in [1.165, 1.54) is 16.2 Å². The highest BCUT2D eigenvalue weighted by Gasteiger charge is 2.21. The molecule has 1 aromatic carbocycles. The molecule has 1 N–H and O–H groups in total. The van der Waals surface area contributed by atoms with E-state index in [1.54, 1.807) is 25.2 Å². The maximum atomic E-state index is 12.9. The summed E-state index contributed by atoms with van der Waals surface area (Å²) >= 11 is 13.6. The van der Waals surface area contributed by atoms with Gasteiger partial charge >= 0.3 is 0 Å². The number of anilines is 1. The third-order valence-electron chi connectivity index (χ3n) is 4.31. The minimum absolute atomic E-state index is 0.119. The Morgan fingerprint density at radius 2 is 1.93 bits per heavy atom. The van der Waals surface area contributed by atoms with E-state index < -0.39 is 0 Å². The van der Waals surface area contributed by atoms with E-state index in [2.05, 4.69) is 24.3 Å². The van der Waals surface area contributed by atoms with Crippen LogP contribution in [-0.2, 0) is 11.3 Å². The summed E-state index contributed by atoms with van der Waals surface area (Å²) in [5.41, 5.74) is 1.23. The fraction of sp³-hybridized carbons (Fsp3) is 0.350. The zero-order valence-electron chi connectivity index (χ0n) is 16.6. The van der Waals surface area contributed by atoms with Gasteiger partial charge < -0.3 is 10.2 Å². The fourth-order valence-electron chi connectivity index (χ4n) is 2.96. The normalized spacial score (nSPS) is 11.3. The molecule has 9 heteroatoms. The van der Waals surface area contributed by atoms with Gasteiger partial charge in [0, 0.05) is 19.0 Å². The molecule has 0 aliphatic carbocycles. The summed E-state index contributed by atoms with van der Waals surface area (Å²) in [6.07, 6.45) is 0. The molecule has 3 rings (SSSR count). The lowest BCUT2D eigenvalue weighted by Gasteiger charge is -2.16. The van der Waals surface area contributed by atoms with Crippen LogP contribution in [0.5, 0.6) is 0 Å². The van der Waals surface area contributed by atoms with Gasteiger partial charge in [0.05, 0.1) is 32.8 Å². The number of carbonyl (C=O) groups excluding carboxylic acids is 2. The fourth-order valence-corrected chi connectivity index (χ4v) is 4.62. The van der Waals surface area contributed by atoms with Crippen molar-refractivity contribution in [3.63, 3.8) is 0 Å². The van der Waals surface area contributed by atoms with Crippen LogP contribution in [0, 0.1) is 12.8 Å². The van der Waals surface area contributed by atoms with Crippen LogP contribution in [0.1, 0.15) is 29.2 Å². The SMILES string of the molecule is Cc1nn(CC(C)C)c2sc(C(=O)N(C)CC(=O)Nc3c(Cl)cccc3Cl)cc12. The summed E-state index contributed by atoms with van der Waals surface area (Å²) < 4.78 is 1.95. The van der Waals surface area contributed by atoms with Crippen LogP contribution in [0.15, 0.2) is 24.3 Å². The van der Waals surface area contributed by atoms with Crippen molar-refractivity contribution < 1.29 is 9.59 Å². The lowest BCUT2D eigenvalue weighted by atomic mass is 10.2. The number of thiophene rings is 1. The average Bonchev–Trinajstić information content (AvgIpc) is 3.19. The van der Waals surface area contributed by atoms with Crippen LogP contribution in [0.25, 0.3) is 10.2 Å². The number of benzene rings is 1.